The van der Waals surface area contributed by atoms with Gasteiger partial charge < -0.3 is 16.6 Å². The van der Waals surface area contributed by atoms with Crippen LogP contribution in [-0.2, 0) is 16.0 Å². The maximum Gasteiger partial charge on any atom is 0.332 e. The normalized spacial score (nSPS) is 14.1. The molecule has 6 nitrogen and oxygen atoms in total. The molecular formula is C10H13N3O3. The predicted octanol–water partition coefficient (Wildman–Crippen LogP) is -1.07. The third kappa shape index (κ3) is 2.41. The molecule has 1 atom stereocenters. The molecule has 0 aliphatic carbocycles. The summed E-state index contributed by atoms with van der Waals surface area (Å²) in [5.74, 6) is -2.07. The van der Waals surface area contributed by atoms with E-state index in [0.717, 1.165) is 0 Å². The lowest BCUT2D eigenvalue weighted by Crippen LogP contribution is -2.60. The van der Waals surface area contributed by atoms with Crippen LogP contribution < -0.4 is 11.5 Å². The fourth-order valence-electron chi connectivity index (χ4n) is 1.15. The Labute approximate surface area is 92.3 Å². The molecule has 0 radical (unpaired) electrons. The molecule has 0 aliphatic heterocycles. The smallest absolute Gasteiger partial charge is 0.332 e. The van der Waals surface area contributed by atoms with Gasteiger partial charge in [-0.25, -0.2) is 4.79 Å². The summed E-state index contributed by atoms with van der Waals surface area (Å²) >= 11 is 0. The monoisotopic (exact) mass is 223 g/mol. The third-order valence-corrected chi connectivity index (χ3v) is 2.27. The molecule has 0 bridgehead atoms. The molecule has 1 heterocycles. The second-order valence-corrected chi connectivity index (χ2v) is 3.40. The number of carboxylic acid groups (broad SMARTS) is 1. The van der Waals surface area contributed by atoms with Crippen LogP contribution in [0.1, 0.15) is 5.69 Å². The molecule has 6 heteroatoms. The Morgan fingerprint density at radius 1 is 1.44 bits per heavy atom. The molecule has 86 valence electrons. The van der Waals surface area contributed by atoms with Gasteiger partial charge in [-0.3, -0.25) is 9.78 Å². The van der Waals surface area contributed by atoms with E-state index < -0.39 is 23.8 Å². The van der Waals surface area contributed by atoms with E-state index in [1.807, 2.05) is 0 Å². The first-order valence-corrected chi connectivity index (χ1v) is 4.66. The Bertz CT molecular complexity index is 394. The lowest BCUT2D eigenvalue weighted by molar-refractivity contribution is -0.147. The molecule has 0 saturated heterocycles. The highest BCUT2D eigenvalue weighted by molar-refractivity contribution is 6.08. The van der Waals surface area contributed by atoms with E-state index in [4.69, 9.17) is 16.6 Å². The highest BCUT2D eigenvalue weighted by Gasteiger charge is 2.40. The Balaban J connectivity index is 2.83. The van der Waals surface area contributed by atoms with E-state index in [1.54, 1.807) is 18.2 Å². The van der Waals surface area contributed by atoms with Crippen LogP contribution in [-0.4, -0.2) is 33.9 Å². The number of Topliss-reactive ketones (excluding diaryl/α,β-unsaturated/α-hetero) is 1. The quantitative estimate of drug-likeness (QED) is 0.547. The van der Waals surface area contributed by atoms with Crippen molar-refractivity contribution in [3.63, 3.8) is 0 Å². The van der Waals surface area contributed by atoms with Crippen LogP contribution in [0.15, 0.2) is 24.4 Å². The average Bonchev–Trinajstić information content (AvgIpc) is 2.28. The summed E-state index contributed by atoms with van der Waals surface area (Å²) in [6.07, 6.45) is 1.38. The Hall–Kier alpha value is -1.79. The van der Waals surface area contributed by atoms with E-state index in [9.17, 15) is 9.59 Å². The maximum atomic E-state index is 11.7. The highest BCUT2D eigenvalue weighted by Crippen LogP contribution is 2.06. The SMILES string of the molecule is NCC(N)(C(=O)O)C(=O)Cc1ccccn1. The van der Waals surface area contributed by atoms with Crippen molar-refractivity contribution in [1.29, 1.82) is 0 Å². The van der Waals surface area contributed by atoms with Crippen LogP contribution in [0.4, 0.5) is 0 Å². The van der Waals surface area contributed by atoms with Crippen molar-refractivity contribution in [2.45, 2.75) is 12.0 Å². The molecule has 0 aliphatic rings. The van der Waals surface area contributed by atoms with E-state index in [2.05, 4.69) is 4.98 Å². The molecule has 1 aromatic heterocycles. The van der Waals surface area contributed by atoms with Gasteiger partial charge in [0.25, 0.3) is 0 Å². The van der Waals surface area contributed by atoms with Crippen LogP contribution in [0.5, 0.6) is 0 Å². The number of aliphatic carboxylic acids is 1. The molecule has 0 amide bonds. The van der Waals surface area contributed by atoms with Gasteiger partial charge in [0.15, 0.2) is 11.3 Å². The summed E-state index contributed by atoms with van der Waals surface area (Å²) in [6.45, 7) is -0.437. The van der Waals surface area contributed by atoms with Crippen LogP contribution in [0.25, 0.3) is 0 Å². The number of carbonyl (C=O) groups is 2. The van der Waals surface area contributed by atoms with Crippen molar-refractivity contribution in [3.8, 4) is 0 Å². The molecule has 1 rings (SSSR count). The Morgan fingerprint density at radius 3 is 2.56 bits per heavy atom. The van der Waals surface area contributed by atoms with Crippen molar-refractivity contribution < 1.29 is 14.7 Å². The zero-order chi connectivity index (χ0) is 12.2. The first kappa shape index (κ1) is 12.3. The van der Waals surface area contributed by atoms with E-state index in [-0.39, 0.29) is 6.42 Å². The van der Waals surface area contributed by atoms with Crippen molar-refractivity contribution in [2.24, 2.45) is 11.5 Å². The third-order valence-electron chi connectivity index (χ3n) is 2.27. The number of pyridine rings is 1. The number of ketones is 1. The second kappa shape index (κ2) is 4.82. The van der Waals surface area contributed by atoms with Crippen molar-refractivity contribution in [2.75, 3.05) is 6.54 Å². The molecule has 16 heavy (non-hydrogen) atoms. The number of nitrogens with zero attached hydrogens (tertiary/aromatic N) is 1. The number of aromatic nitrogens is 1. The largest absolute Gasteiger partial charge is 0.479 e. The predicted molar refractivity (Wildman–Crippen MR) is 56.6 cm³/mol. The van der Waals surface area contributed by atoms with Gasteiger partial charge in [0, 0.05) is 18.4 Å². The van der Waals surface area contributed by atoms with Gasteiger partial charge in [-0.15, -0.1) is 0 Å². The lowest BCUT2D eigenvalue weighted by atomic mass is 9.92. The molecule has 0 fully saturated rings. The number of rotatable bonds is 5. The molecule has 0 spiro atoms. The van der Waals surface area contributed by atoms with Crippen LogP contribution in [0.3, 0.4) is 0 Å². The molecule has 1 unspecified atom stereocenters. The summed E-state index contributed by atoms with van der Waals surface area (Å²) in [5.41, 5.74) is 9.08. The first-order chi connectivity index (χ1) is 7.50. The Kier molecular flexibility index (Phi) is 3.70. The van der Waals surface area contributed by atoms with Gasteiger partial charge in [0.1, 0.15) is 0 Å². The summed E-state index contributed by atoms with van der Waals surface area (Å²) in [4.78, 5) is 26.4. The van der Waals surface area contributed by atoms with Gasteiger partial charge in [-0.05, 0) is 12.1 Å². The van der Waals surface area contributed by atoms with Gasteiger partial charge in [-0.2, -0.15) is 0 Å². The topological polar surface area (TPSA) is 119 Å². The minimum atomic E-state index is -2.03. The van der Waals surface area contributed by atoms with Crippen LogP contribution >= 0.6 is 0 Å². The Morgan fingerprint density at radius 2 is 2.12 bits per heavy atom. The average molecular weight is 223 g/mol. The van der Waals surface area contributed by atoms with E-state index >= 15 is 0 Å². The van der Waals surface area contributed by atoms with Crippen molar-refractivity contribution >= 4 is 11.8 Å². The van der Waals surface area contributed by atoms with E-state index in [0.29, 0.717) is 5.69 Å². The standard InChI is InChI=1S/C10H13N3O3/c11-6-10(12,9(15)16)8(14)5-7-3-1-2-4-13-7/h1-4H,5-6,11-12H2,(H,15,16). The second-order valence-electron chi connectivity index (χ2n) is 3.40. The minimum absolute atomic E-state index is 0.138. The fraction of sp³-hybridized carbons (Fsp3) is 0.300. The minimum Gasteiger partial charge on any atom is -0.479 e. The number of carbonyl (C=O) groups excluding carboxylic acids is 1. The van der Waals surface area contributed by atoms with Gasteiger partial charge in [0.05, 0.1) is 6.42 Å². The first-order valence-electron chi connectivity index (χ1n) is 4.66. The molecular weight excluding hydrogens is 210 g/mol. The van der Waals surface area contributed by atoms with Crippen molar-refractivity contribution in [1.82, 2.24) is 4.98 Å². The van der Waals surface area contributed by atoms with Crippen molar-refractivity contribution in [3.05, 3.63) is 30.1 Å². The van der Waals surface area contributed by atoms with E-state index in [1.165, 1.54) is 6.20 Å². The van der Waals surface area contributed by atoms with Gasteiger partial charge >= 0.3 is 5.97 Å². The van der Waals surface area contributed by atoms with Crippen LogP contribution in [0.2, 0.25) is 0 Å². The zero-order valence-electron chi connectivity index (χ0n) is 8.59. The number of hydrogen-bond donors (Lipinski definition) is 3. The summed E-state index contributed by atoms with van der Waals surface area (Å²) in [5, 5.41) is 8.83. The number of carboxylic acids is 1. The van der Waals surface area contributed by atoms with Gasteiger partial charge in [-0.1, -0.05) is 6.07 Å². The molecule has 1 aromatic rings. The number of hydrogen-bond acceptors (Lipinski definition) is 5. The maximum absolute atomic E-state index is 11.7. The van der Waals surface area contributed by atoms with Crippen LogP contribution in [0, 0.1) is 0 Å². The molecule has 5 N–H and O–H groups in total. The summed E-state index contributed by atoms with van der Waals surface area (Å²) < 4.78 is 0. The molecule has 0 saturated carbocycles. The molecule has 0 aromatic carbocycles. The summed E-state index contributed by atoms with van der Waals surface area (Å²) in [7, 11) is 0. The number of nitrogens with two attached hydrogens (primary N) is 2. The fourth-order valence-corrected chi connectivity index (χ4v) is 1.15. The highest BCUT2D eigenvalue weighted by atomic mass is 16.4. The van der Waals surface area contributed by atoms with Gasteiger partial charge in [0.2, 0.25) is 0 Å². The zero-order valence-corrected chi connectivity index (χ0v) is 8.59. The summed E-state index contributed by atoms with van der Waals surface area (Å²) in [6, 6.07) is 5.03. The lowest BCUT2D eigenvalue weighted by Gasteiger charge is -2.20.